The average Bonchev–Trinajstić information content (AvgIpc) is 3.57. The van der Waals surface area contributed by atoms with Crippen LogP contribution < -0.4 is 5.69 Å². The highest BCUT2D eigenvalue weighted by Gasteiger charge is 2.37. The number of H-pyrrole nitrogens is 1. The van der Waals surface area contributed by atoms with Gasteiger partial charge in [0.2, 0.25) is 5.82 Å². The van der Waals surface area contributed by atoms with E-state index in [0.29, 0.717) is 30.1 Å². The van der Waals surface area contributed by atoms with E-state index < -0.39 is 5.41 Å². The first kappa shape index (κ1) is 26.3. The molecule has 1 aliphatic carbocycles. The van der Waals surface area contributed by atoms with Crippen LogP contribution in [0.2, 0.25) is 0 Å². The third-order valence-corrected chi connectivity index (χ3v) is 8.79. The number of tetrazole rings is 1. The van der Waals surface area contributed by atoms with Crippen molar-refractivity contribution in [2.45, 2.75) is 90.6 Å². The number of aromatic nitrogens is 6. The molecule has 5 rings (SSSR count). The zero-order valence-corrected chi connectivity index (χ0v) is 23.2. The van der Waals surface area contributed by atoms with Gasteiger partial charge in [-0.15, -0.1) is 10.2 Å². The smallest absolute Gasteiger partial charge is 0.295 e. The first-order valence-electron chi connectivity index (χ1n) is 14.3. The van der Waals surface area contributed by atoms with Gasteiger partial charge < -0.3 is 0 Å². The van der Waals surface area contributed by atoms with E-state index in [-0.39, 0.29) is 11.7 Å². The lowest BCUT2D eigenvalue weighted by Crippen LogP contribution is -2.41. The van der Waals surface area contributed by atoms with Crippen LogP contribution in [0.4, 0.5) is 0 Å². The summed E-state index contributed by atoms with van der Waals surface area (Å²) < 4.78 is 4.18. The van der Waals surface area contributed by atoms with E-state index in [2.05, 4.69) is 86.9 Å². The fourth-order valence-corrected chi connectivity index (χ4v) is 6.62. The molecule has 2 aromatic heterocycles. The number of nitrogens with zero attached hydrogens (tertiary/aromatic N) is 6. The van der Waals surface area contributed by atoms with Gasteiger partial charge in [0.15, 0.2) is 0 Å². The fourth-order valence-electron chi connectivity index (χ4n) is 6.62. The largest absolute Gasteiger partial charge is 0.328 e. The Bertz CT molecular complexity index is 1330. The summed E-state index contributed by atoms with van der Waals surface area (Å²) in [6.45, 7) is 9.74. The summed E-state index contributed by atoms with van der Waals surface area (Å²) >= 11 is 0. The Morgan fingerprint density at radius 3 is 2.82 bits per heavy atom. The second-order valence-electron chi connectivity index (χ2n) is 11.6. The molecule has 1 aliphatic heterocycles. The van der Waals surface area contributed by atoms with Crippen LogP contribution in [0.15, 0.2) is 52.5 Å². The van der Waals surface area contributed by atoms with E-state index in [1.807, 2.05) is 24.5 Å². The van der Waals surface area contributed by atoms with E-state index in [9.17, 15) is 4.79 Å². The van der Waals surface area contributed by atoms with Gasteiger partial charge in [0.1, 0.15) is 0 Å². The molecule has 0 amide bonds. The molecule has 0 saturated heterocycles. The van der Waals surface area contributed by atoms with Gasteiger partial charge in [-0.2, -0.15) is 5.21 Å². The van der Waals surface area contributed by atoms with Gasteiger partial charge in [-0.05, 0) is 66.7 Å². The molecule has 0 radical (unpaired) electrons. The molecule has 8 heteroatoms. The monoisotopic (exact) mass is 515 g/mol. The summed E-state index contributed by atoms with van der Waals surface area (Å²) in [6, 6.07) is 8.54. The highest BCUT2D eigenvalue weighted by molar-refractivity contribution is 5.65. The molecule has 3 heterocycles. The number of hydrogen-bond acceptors (Lipinski definition) is 5. The van der Waals surface area contributed by atoms with E-state index in [0.717, 1.165) is 42.5 Å². The van der Waals surface area contributed by atoms with Crippen LogP contribution in [0.25, 0.3) is 11.4 Å². The van der Waals surface area contributed by atoms with Crippen LogP contribution in [-0.2, 0) is 18.4 Å². The summed E-state index contributed by atoms with van der Waals surface area (Å²) in [5.74, 6) is 2.13. The molecule has 2 aliphatic rings. The third kappa shape index (κ3) is 5.05. The molecular formula is C30H41N7O. The SMILES string of the molecule is CCCCc1cn(C2C(C)CCCC2C(C)C)c(=O)n1CC1(c2cccc(-c3nn[nH]n3)c2)C=CN=CC1. The number of allylic oxidation sites excluding steroid dienone is 1. The number of imidazole rings is 1. The minimum absolute atomic E-state index is 0.130. The Kier molecular flexibility index (Phi) is 7.77. The normalized spacial score (nSPS) is 25.3. The molecule has 0 spiro atoms. The number of unbranched alkanes of at least 4 members (excludes halogenated alkanes) is 1. The number of rotatable bonds is 9. The van der Waals surface area contributed by atoms with Crippen molar-refractivity contribution in [2.24, 2.45) is 22.7 Å². The number of nitrogens with one attached hydrogen (secondary N) is 1. The number of aromatic amines is 1. The van der Waals surface area contributed by atoms with Gasteiger partial charge in [-0.25, -0.2) is 4.79 Å². The van der Waals surface area contributed by atoms with E-state index in [1.54, 1.807) is 0 Å². The van der Waals surface area contributed by atoms with Crippen molar-refractivity contribution in [1.82, 2.24) is 29.8 Å². The number of hydrogen-bond donors (Lipinski definition) is 1. The first-order chi connectivity index (χ1) is 18.4. The molecule has 3 aromatic rings. The molecule has 1 aromatic carbocycles. The summed E-state index contributed by atoms with van der Waals surface area (Å²) in [5.41, 5.74) is 2.90. The predicted molar refractivity (Wildman–Crippen MR) is 151 cm³/mol. The zero-order chi connectivity index (χ0) is 26.7. The summed E-state index contributed by atoms with van der Waals surface area (Å²) in [6.07, 6.45) is 15.6. The third-order valence-electron chi connectivity index (χ3n) is 8.79. The van der Waals surface area contributed by atoms with Crippen molar-refractivity contribution in [3.8, 4) is 11.4 Å². The topological polar surface area (TPSA) is 93.8 Å². The zero-order valence-electron chi connectivity index (χ0n) is 23.2. The van der Waals surface area contributed by atoms with Crippen molar-refractivity contribution in [3.05, 3.63) is 64.5 Å². The second kappa shape index (κ2) is 11.2. The number of aliphatic imine (C=N–C) groups is 1. The maximum Gasteiger partial charge on any atom is 0.328 e. The maximum absolute atomic E-state index is 14.3. The standard InChI is InChI=1S/C30H41N7O/c1-5-6-12-25-19-36(27-22(4)9-7-13-26(27)21(2)3)29(38)37(25)20-30(14-16-31-17-15-30)24-11-8-10-23(18-24)28-32-34-35-33-28/h8,10-11,14,16-19,21-22,26-27H,5-7,9,12-13,15,20H2,1-4H3,(H,32,33,34,35). The second-order valence-corrected chi connectivity index (χ2v) is 11.6. The van der Waals surface area contributed by atoms with Crippen molar-refractivity contribution in [1.29, 1.82) is 0 Å². The number of aryl methyl sites for hydroxylation is 1. The van der Waals surface area contributed by atoms with Crippen LogP contribution in [0, 0.1) is 17.8 Å². The van der Waals surface area contributed by atoms with E-state index in [1.165, 1.54) is 19.3 Å². The lowest BCUT2D eigenvalue weighted by Gasteiger charge is -2.39. The van der Waals surface area contributed by atoms with Crippen LogP contribution in [0.5, 0.6) is 0 Å². The molecule has 4 atom stereocenters. The molecule has 202 valence electrons. The molecule has 38 heavy (non-hydrogen) atoms. The summed E-state index contributed by atoms with van der Waals surface area (Å²) in [7, 11) is 0. The van der Waals surface area contributed by atoms with Crippen LogP contribution in [0.1, 0.15) is 83.5 Å². The van der Waals surface area contributed by atoms with Crippen molar-refractivity contribution in [2.75, 3.05) is 0 Å². The van der Waals surface area contributed by atoms with Gasteiger partial charge in [-0.1, -0.05) is 64.8 Å². The number of benzene rings is 1. The Hall–Kier alpha value is -3.29. The van der Waals surface area contributed by atoms with Crippen molar-refractivity contribution < 1.29 is 0 Å². The van der Waals surface area contributed by atoms with Crippen LogP contribution in [0.3, 0.4) is 0 Å². The highest BCUT2D eigenvalue weighted by Crippen LogP contribution is 2.42. The van der Waals surface area contributed by atoms with Gasteiger partial charge in [0, 0.05) is 47.9 Å². The van der Waals surface area contributed by atoms with Gasteiger partial charge >= 0.3 is 5.69 Å². The Labute approximate surface area is 225 Å². The molecule has 1 fully saturated rings. The molecule has 0 bridgehead atoms. The van der Waals surface area contributed by atoms with Crippen LogP contribution >= 0.6 is 0 Å². The molecule has 4 unspecified atom stereocenters. The minimum Gasteiger partial charge on any atom is -0.295 e. The van der Waals surface area contributed by atoms with Crippen molar-refractivity contribution >= 4 is 6.21 Å². The molecule has 8 nitrogen and oxygen atoms in total. The molecule has 1 saturated carbocycles. The van der Waals surface area contributed by atoms with E-state index in [4.69, 9.17) is 0 Å². The van der Waals surface area contributed by atoms with Crippen molar-refractivity contribution in [3.63, 3.8) is 0 Å². The Morgan fingerprint density at radius 2 is 2.11 bits per heavy atom. The average molecular weight is 516 g/mol. The van der Waals surface area contributed by atoms with Gasteiger partial charge in [-0.3, -0.25) is 14.1 Å². The van der Waals surface area contributed by atoms with Gasteiger partial charge in [0.25, 0.3) is 0 Å². The highest BCUT2D eigenvalue weighted by atomic mass is 16.1. The fraction of sp³-hybridized carbons (Fsp3) is 0.567. The maximum atomic E-state index is 14.3. The Balaban J connectivity index is 1.59. The molecule has 1 N–H and O–H groups in total. The minimum atomic E-state index is -0.395. The van der Waals surface area contributed by atoms with Gasteiger partial charge in [0.05, 0.1) is 0 Å². The Morgan fingerprint density at radius 1 is 1.24 bits per heavy atom. The quantitative estimate of drug-likeness (QED) is 0.394. The van der Waals surface area contributed by atoms with Crippen LogP contribution in [-0.4, -0.2) is 36.0 Å². The van der Waals surface area contributed by atoms with E-state index >= 15 is 0 Å². The predicted octanol–water partition coefficient (Wildman–Crippen LogP) is 5.73. The first-order valence-corrected chi connectivity index (χ1v) is 14.3. The summed E-state index contributed by atoms with van der Waals surface area (Å²) in [5, 5.41) is 14.6. The lowest BCUT2D eigenvalue weighted by molar-refractivity contribution is 0.126. The molecular weight excluding hydrogens is 474 g/mol. The summed E-state index contributed by atoms with van der Waals surface area (Å²) in [4.78, 5) is 18.7. The lowest BCUT2D eigenvalue weighted by atomic mass is 9.72.